The quantitative estimate of drug-likeness (QED) is 0.129. The van der Waals surface area contributed by atoms with Gasteiger partial charge in [-0.25, -0.2) is 9.59 Å². The third-order valence-corrected chi connectivity index (χ3v) is 0.949. The van der Waals surface area contributed by atoms with Crippen molar-refractivity contribution in [3.05, 3.63) is 12.2 Å². The van der Waals surface area contributed by atoms with E-state index >= 15 is 0 Å². The zero-order chi connectivity index (χ0) is 10.3. The van der Waals surface area contributed by atoms with Crippen molar-refractivity contribution in [2.75, 3.05) is 6.54 Å². The highest BCUT2D eigenvalue weighted by Gasteiger charge is 2.08. The lowest BCUT2D eigenvalue weighted by atomic mass is 10.4. The summed E-state index contributed by atoms with van der Waals surface area (Å²) in [7, 11) is 0. The van der Waals surface area contributed by atoms with E-state index in [-0.39, 0.29) is 18.0 Å². The monoisotopic (exact) mass is 184 g/mol. The van der Waals surface area contributed by atoms with E-state index in [1.807, 2.05) is 0 Å². The smallest absolute Gasteiger partial charge is 0.339 e. The van der Waals surface area contributed by atoms with Gasteiger partial charge < -0.3 is 9.94 Å². The average Bonchev–Trinajstić information content (AvgIpc) is 2.11. The number of isocyanates is 1. The lowest BCUT2D eigenvalue weighted by Crippen LogP contribution is -2.15. The summed E-state index contributed by atoms with van der Waals surface area (Å²) in [6.07, 6.45) is 1.20. The molecule has 0 radical (unpaired) electrons. The molecule has 0 heterocycles. The first-order valence-corrected chi connectivity index (χ1v) is 3.24. The summed E-state index contributed by atoms with van der Waals surface area (Å²) < 4.78 is 4.45. The van der Waals surface area contributed by atoms with E-state index < -0.39 is 5.97 Å². The van der Waals surface area contributed by atoms with Crippen molar-refractivity contribution >= 4 is 17.9 Å². The summed E-state index contributed by atoms with van der Waals surface area (Å²) in [5.41, 5.74) is 0.149. The average molecular weight is 184 g/mol. The first-order chi connectivity index (χ1) is 6.11. The lowest BCUT2D eigenvalue weighted by Gasteiger charge is -2.01. The molecule has 0 aromatic rings. The molecule has 0 rings (SSSR count). The molecule has 0 atom stereocenters. The maximum atomic E-state index is 10.8. The number of hydrogen-bond acceptors (Lipinski definition) is 6. The van der Waals surface area contributed by atoms with Crippen LogP contribution >= 0.6 is 0 Å². The Balaban J connectivity index is 4.22. The third-order valence-electron chi connectivity index (χ3n) is 0.949. The second-order valence-electron chi connectivity index (χ2n) is 2.07. The Hall–Kier alpha value is -1.94. The molecule has 1 N–H and O–H groups in total. The Morgan fingerprint density at radius 2 is 2.31 bits per heavy atom. The van der Waals surface area contributed by atoms with E-state index in [2.05, 4.69) is 21.5 Å². The Morgan fingerprint density at radius 1 is 1.69 bits per heavy atom. The van der Waals surface area contributed by atoms with Crippen molar-refractivity contribution in [1.82, 2.24) is 0 Å². The van der Waals surface area contributed by atoms with Crippen LogP contribution in [0.5, 0.6) is 0 Å². The van der Waals surface area contributed by atoms with E-state index in [9.17, 15) is 9.59 Å². The van der Waals surface area contributed by atoms with Gasteiger partial charge >= 0.3 is 5.97 Å². The fourth-order valence-corrected chi connectivity index (χ4v) is 0.378. The van der Waals surface area contributed by atoms with Crippen molar-refractivity contribution in [3.63, 3.8) is 0 Å². The molecular weight excluding hydrogens is 176 g/mol. The second kappa shape index (κ2) is 5.68. The van der Waals surface area contributed by atoms with Crippen molar-refractivity contribution in [1.29, 1.82) is 0 Å². The van der Waals surface area contributed by atoms with Gasteiger partial charge in [-0.05, 0) is 6.92 Å². The van der Waals surface area contributed by atoms with E-state index in [0.717, 1.165) is 0 Å². The number of rotatable bonds is 3. The summed E-state index contributed by atoms with van der Waals surface area (Å²) in [6.45, 7) is 4.40. The number of aliphatic imine (C=N–C) groups is 1. The van der Waals surface area contributed by atoms with Crippen molar-refractivity contribution in [2.24, 2.45) is 10.1 Å². The van der Waals surface area contributed by atoms with Crippen LogP contribution in [0.2, 0.25) is 0 Å². The summed E-state index contributed by atoms with van der Waals surface area (Å²) in [5.74, 6) is -1.12. The van der Waals surface area contributed by atoms with E-state index in [1.165, 1.54) is 13.0 Å². The Kier molecular flexibility index (Phi) is 4.83. The van der Waals surface area contributed by atoms with Crippen LogP contribution in [0.15, 0.2) is 22.3 Å². The van der Waals surface area contributed by atoms with Gasteiger partial charge in [-0.1, -0.05) is 11.7 Å². The molecule has 13 heavy (non-hydrogen) atoms. The predicted molar refractivity (Wildman–Crippen MR) is 43.1 cm³/mol. The van der Waals surface area contributed by atoms with Crippen LogP contribution in [0.25, 0.3) is 0 Å². The molecule has 0 spiro atoms. The van der Waals surface area contributed by atoms with Gasteiger partial charge in [0.2, 0.25) is 6.08 Å². The van der Waals surface area contributed by atoms with Gasteiger partial charge in [-0.2, -0.15) is 4.99 Å². The van der Waals surface area contributed by atoms with Crippen molar-refractivity contribution < 1.29 is 19.5 Å². The zero-order valence-electron chi connectivity index (χ0n) is 6.98. The van der Waals surface area contributed by atoms with Gasteiger partial charge in [-0.3, -0.25) is 0 Å². The van der Waals surface area contributed by atoms with Crippen LogP contribution in [0.3, 0.4) is 0 Å². The predicted octanol–water partition coefficient (Wildman–Crippen LogP) is 0.229. The highest BCUT2D eigenvalue weighted by Crippen LogP contribution is 1.94. The third kappa shape index (κ3) is 4.49. The number of esters is 1. The van der Waals surface area contributed by atoms with Gasteiger partial charge in [0.1, 0.15) is 6.54 Å². The Morgan fingerprint density at radius 3 is 2.69 bits per heavy atom. The molecule has 0 unspecified atom stereocenters. The largest absolute Gasteiger partial charge is 0.408 e. The molecule has 70 valence electrons. The molecular formula is C7H8N2O4. The highest BCUT2D eigenvalue weighted by molar-refractivity contribution is 5.97. The fraction of sp³-hybridized carbons (Fsp3) is 0.286. The van der Waals surface area contributed by atoms with Crippen LogP contribution in [0.4, 0.5) is 0 Å². The Labute approximate surface area is 74.2 Å². The minimum Gasteiger partial charge on any atom is -0.408 e. The van der Waals surface area contributed by atoms with Gasteiger partial charge in [0.05, 0.1) is 0 Å². The molecule has 0 amide bonds. The molecule has 0 saturated carbocycles. The first-order valence-electron chi connectivity index (χ1n) is 3.24. The molecule has 0 aliphatic heterocycles. The molecule has 6 heteroatoms. The van der Waals surface area contributed by atoms with Crippen LogP contribution in [0.1, 0.15) is 6.92 Å². The molecule has 0 aliphatic carbocycles. The molecule has 0 bridgehead atoms. The molecule has 0 fully saturated rings. The number of ether oxygens (including phenoxy) is 1. The standard InChI is InChI=1S/C7H8N2O4/c1-5(2)7(11)13-6(9-12)3-8-4-10/h12H,1,3H2,2H3. The summed E-state index contributed by atoms with van der Waals surface area (Å²) >= 11 is 0. The number of oxime groups is 1. The maximum Gasteiger partial charge on any atom is 0.339 e. The van der Waals surface area contributed by atoms with Gasteiger partial charge in [-0.15, -0.1) is 0 Å². The zero-order valence-corrected chi connectivity index (χ0v) is 6.98. The van der Waals surface area contributed by atoms with Crippen LogP contribution in [-0.2, 0) is 14.3 Å². The molecule has 0 aliphatic rings. The van der Waals surface area contributed by atoms with E-state index in [0.29, 0.717) is 0 Å². The number of hydrogen-bond donors (Lipinski definition) is 1. The molecule has 0 aromatic carbocycles. The first kappa shape index (κ1) is 11.1. The highest BCUT2D eigenvalue weighted by atomic mass is 16.6. The number of carbonyl (C=O) groups is 1. The molecule has 6 nitrogen and oxygen atoms in total. The molecule has 0 aromatic heterocycles. The minimum absolute atomic E-state index is 0.149. The summed E-state index contributed by atoms with van der Waals surface area (Å²) in [5, 5.41) is 10.9. The van der Waals surface area contributed by atoms with Crippen LogP contribution < -0.4 is 0 Å². The number of carbonyl (C=O) groups excluding carboxylic acids is 2. The van der Waals surface area contributed by atoms with Crippen LogP contribution in [0, 0.1) is 0 Å². The minimum atomic E-state index is -0.742. The molecule has 0 saturated heterocycles. The van der Waals surface area contributed by atoms with Gasteiger partial charge in [0, 0.05) is 5.57 Å². The lowest BCUT2D eigenvalue weighted by molar-refractivity contribution is -0.131. The second-order valence-corrected chi connectivity index (χ2v) is 2.07. The van der Waals surface area contributed by atoms with Gasteiger partial charge in [0.25, 0.3) is 5.90 Å². The van der Waals surface area contributed by atoms with E-state index in [4.69, 9.17) is 5.21 Å². The van der Waals surface area contributed by atoms with E-state index in [1.54, 1.807) is 0 Å². The SMILES string of the molecule is C=C(C)C(=O)OC(CN=C=O)=NO. The Bertz CT molecular complexity index is 289. The van der Waals surface area contributed by atoms with Crippen molar-refractivity contribution in [3.8, 4) is 0 Å². The topological polar surface area (TPSA) is 88.3 Å². The van der Waals surface area contributed by atoms with Gasteiger partial charge in [0.15, 0.2) is 0 Å². The summed E-state index contributed by atoms with van der Waals surface area (Å²) in [6, 6.07) is 0. The fourth-order valence-electron chi connectivity index (χ4n) is 0.378. The summed E-state index contributed by atoms with van der Waals surface area (Å²) in [4.78, 5) is 23.5. The number of nitrogens with zero attached hydrogens (tertiary/aromatic N) is 2. The van der Waals surface area contributed by atoms with Crippen molar-refractivity contribution in [2.45, 2.75) is 6.92 Å². The normalized spacial score (nSPS) is 10.1. The van der Waals surface area contributed by atoms with Crippen LogP contribution in [-0.4, -0.2) is 29.7 Å². The maximum absolute atomic E-state index is 10.8.